The van der Waals surface area contributed by atoms with Gasteiger partial charge in [-0.05, 0) is 52.0 Å². The van der Waals surface area contributed by atoms with E-state index < -0.39 is 0 Å². The average Bonchev–Trinajstić information content (AvgIpc) is 2.79. The molecular weight excluding hydrogens is 326 g/mol. The quantitative estimate of drug-likeness (QED) is 0.869. The highest BCUT2D eigenvalue weighted by molar-refractivity contribution is 6.30. The molecule has 0 radical (unpaired) electrons. The first-order chi connectivity index (χ1) is 11.3. The average molecular weight is 350 g/mol. The van der Waals surface area contributed by atoms with Gasteiger partial charge in [-0.25, -0.2) is 0 Å². The number of ether oxygens (including phenoxy) is 1. The highest BCUT2D eigenvalue weighted by Gasteiger charge is 2.22. The molecule has 6 heteroatoms. The monoisotopic (exact) mass is 349 g/mol. The number of benzene rings is 1. The Balaban J connectivity index is 1.91. The van der Waals surface area contributed by atoms with Crippen LogP contribution in [0.25, 0.3) is 0 Å². The van der Waals surface area contributed by atoms with Gasteiger partial charge in [-0.3, -0.25) is 9.48 Å². The summed E-state index contributed by atoms with van der Waals surface area (Å²) >= 11 is 5.85. The fraction of sp³-hybridized carbons (Fsp3) is 0.444. The molecule has 1 amide bonds. The van der Waals surface area contributed by atoms with Crippen molar-refractivity contribution in [1.29, 1.82) is 0 Å². The lowest BCUT2D eigenvalue weighted by atomic mass is 9.98. The first kappa shape index (κ1) is 18.3. The molecule has 2 atom stereocenters. The van der Waals surface area contributed by atoms with Crippen LogP contribution in [0.5, 0.6) is 5.75 Å². The predicted octanol–water partition coefficient (Wildman–Crippen LogP) is 3.38. The largest absolute Gasteiger partial charge is 0.489 e. The molecule has 5 nitrogen and oxygen atoms in total. The van der Waals surface area contributed by atoms with E-state index in [1.54, 1.807) is 16.8 Å². The van der Waals surface area contributed by atoms with Crippen LogP contribution in [0.3, 0.4) is 0 Å². The summed E-state index contributed by atoms with van der Waals surface area (Å²) in [5, 5.41) is 7.99. The lowest BCUT2D eigenvalue weighted by molar-refractivity contribution is -0.122. The number of rotatable bonds is 6. The molecule has 1 aromatic carbocycles. The van der Waals surface area contributed by atoms with Crippen LogP contribution < -0.4 is 10.1 Å². The highest BCUT2D eigenvalue weighted by Crippen LogP contribution is 2.23. The number of amides is 1. The van der Waals surface area contributed by atoms with Gasteiger partial charge in [0.2, 0.25) is 5.91 Å². The summed E-state index contributed by atoms with van der Waals surface area (Å²) in [6.45, 7) is 8.16. The SMILES string of the molecule is Cc1nn(C)c(C)c1C(C)C(=O)NCC(C)Oc1ccc(Cl)cc1. The van der Waals surface area contributed by atoms with Crippen LogP contribution in [0, 0.1) is 13.8 Å². The van der Waals surface area contributed by atoms with E-state index in [2.05, 4.69) is 10.4 Å². The molecule has 2 unspecified atom stereocenters. The Hall–Kier alpha value is -2.01. The smallest absolute Gasteiger partial charge is 0.227 e. The van der Waals surface area contributed by atoms with Crippen LogP contribution in [0.2, 0.25) is 5.02 Å². The molecule has 1 heterocycles. The van der Waals surface area contributed by atoms with Crippen molar-refractivity contribution >= 4 is 17.5 Å². The summed E-state index contributed by atoms with van der Waals surface area (Å²) in [7, 11) is 1.89. The van der Waals surface area contributed by atoms with Gasteiger partial charge in [0.1, 0.15) is 11.9 Å². The highest BCUT2D eigenvalue weighted by atomic mass is 35.5. The van der Waals surface area contributed by atoms with Crippen molar-refractivity contribution in [2.75, 3.05) is 6.54 Å². The maximum atomic E-state index is 12.4. The number of hydrogen-bond acceptors (Lipinski definition) is 3. The molecule has 24 heavy (non-hydrogen) atoms. The fourth-order valence-corrected chi connectivity index (χ4v) is 2.86. The summed E-state index contributed by atoms with van der Waals surface area (Å²) in [6, 6.07) is 7.17. The summed E-state index contributed by atoms with van der Waals surface area (Å²) in [4.78, 5) is 12.4. The van der Waals surface area contributed by atoms with Crippen LogP contribution in [0.15, 0.2) is 24.3 Å². The Labute approximate surface area is 148 Å². The molecule has 0 aliphatic rings. The Bertz CT molecular complexity index is 710. The minimum atomic E-state index is -0.249. The van der Waals surface area contributed by atoms with E-state index in [0.717, 1.165) is 22.7 Å². The molecule has 0 saturated carbocycles. The van der Waals surface area contributed by atoms with Gasteiger partial charge in [0.05, 0.1) is 18.2 Å². The summed E-state index contributed by atoms with van der Waals surface area (Å²) in [6.07, 6.45) is -0.140. The normalized spacial score (nSPS) is 13.4. The number of hydrogen-bond donors (Lipinski definition) is 1. The minimum absolute atomic E-state index is 0.0271. The number of halogens is 1. The molecule has 0 saturated heterocycles. The predicted molar refractivity (Wildman–Crippen MR) is 95.6 cm³/mol. The van der Waals surface area contributed by atoms with Crippen molar-refractivity contribution in [3.63, 3.8) is 0 Å². The molecule has 2 aromatic rings. The molecule has 1 aromatic heterocycles. The van der Waals surface area contributed by atoms with E-state index >= 15 is 0 Å². The number of carbonyl (C=O) groups is 1. The maximum Gasteiger partial charge on any atom is 0.227 e. The number of aromatic nitrogens is 2. The van der Waals surface area contributed by atoms with Crippen LogP contribution in [-0.2, 0) is 11.8 Å². The Kier molecular flexibility index (Phi) is 5.89. The van der Waals surface area contributed by atoms with Crippen molar-refractivity contribution in [3.8, 4) is 5.75 Å². The number of aryl methyl sites for hydroxylation is 2. The van der Waals surface area contributed by atoms with Gasteiger partial charge in [-0.2, -0.15) is 5.10 Å². The molecule has 0 spiro atoms. The summed E-state index contributed by atoms with van der Waals surface area (Å²) in [5.41, 5.74) is 2.89. The third-order valence-electron chi connectivity index (χ3n) is 4.11. The van der Waals surface area contributed by atoms with Crippen LogP contribution in [0.1, 0.15) is 36.7 Å². The van der Waals surface area contributed by atoms with Crippen molar-refractivity contribution in [1.82, 2.24) is 15.1 Å². The Morgan fingerprint density at radius 3 is 2.46 bits per heavy atom. The van der Waals surface area contributed by atoms with Gasteiger partial charge >= 0.3 is 0 Å². The van der Waals surface area contributed by atoms with Gasteiger partial charge < -0.3 is 10.1 Å². The zero-order valence-corrected chi connectivity index (χ0v) is 15.5. The number of nitrogens with one attached hydrogen (secondary N) is 1. The van der Waals surface area contributed by atoms with Crippen LogP contribution >= 0.6 is 11.6 Å². The second-order valence-corrected chi connectivity index (χ2v) is 6.49. The van der Waals surface area contributed by atoms with Crippen molar-refractivity contribution in [3.05, 3.63) is 46.2 Å². The zero-order chi connectivity index (χ0) is 17.9. The van der Waals surface area contributed by atoms with Gasteiger partial charge in [0, 0.05) is 23.3 Å². The molecule has 2 rings (SSSR count). The minimum Gasteiger partial charge on any atom is -0.489 e. The molecule has 0 bridgehead atoms. The molecule has 1 N–H and O–H groups in total. The van der Waals surface area contributed by atoms with Gasteiger partial charge in [-0.15, -0.1) is 0 Å². The number of nitrogens with zero attached hydrogens (tertiary/aromatic N) is 2. The van der Waals surface area contributed by atoms with E-state index in [1.165, 1.54) is 0 Å². The van der Waals surface area contributed by atoms with E-state index in [0.29, 0.717) is 11.6 Å². The Morgan fingerprint density at radius 2 is 1.92 bits per heavy atom. The second kappa shape index (κ2) is 7.71. The van der Waals surface area contributed by atoms with Crippen LogP contribution in [-0.4, -0.2) is 28.3 Å². The third-order valence-corrected chi connectivity index (χ3v) is 4.36. The van der Waals surface area contributed by atoms with Crippen molar-refractivity contribution < 1.29 is 9.53 Å². The topological polar surface area (TPSA) is 56.2 Å². The molecule has 0 aliphatic heterocycles. The van der Waals surface area contributed by atoms with E-state index in [-0.39, 0.29) is 17.9 Å². The molecule has 0 aliphatic carbocycles. The van der Waals surface area contributed by atoms with Gasteiger partial charge in [0.15, 0.2) is 0 Å². The lowest BCUT2D eigenvalue weighted by Crippen LogP contribution is -2.36. The summed E-state index contributed by atoms with van der Waals surface area (Å²) < 4.78 is 7.57. The fourth-order valence-electron chi connectivity index (χ4n) is 2.73. The first-order valence-electron chi connectivity index (χ1n) is 7.99. The lowest BCUT2D eigenvalue weighted by Gasteiger charge is -2.18. The van der Waals surface area contributed by atoms with Crippen molar-refractivity contribution in [2.45, 2.75) is 39.7 Å². The summed E-state index contributed by atoms with van der Waals surface area (Å²) in [5.74, 6) is 0.454. The third kappa shape index (κ3) is 4.29. The first-order valence-corrected chi connectivity index (χ1v) is 8.37. The molecule has 0 fully saturated rings. The maximum absolute atomic E-state index is 12.4. The molecular formula is C18H24ClN3O2. The van der Waals surface area contributed by atoms with E-state index in [4.69, 9.17) is 16.3 Å². The van der Waals surface area contributed by atoms with Crippen LogP contribution in [0.4, 0.5) is 0 Å². The van der Waals surface area contributed by atoms with Crippen molar-refractivity contribution in [2.24, 2.45) is 7.05 Å². The molecule has 130 valence electrons. The number of carbonyl (C=O) groups excluding carboxylic acids is 1. The van der Waals surface area contributed by atoms with E-state index in [9.17, 15) is 4.79 Å². The standard InChI is InChI=1S/C18H24ClN3O2/c1-11(24-16-8-6-15(19)7-9-16)10-20-18(23)12(2)17-13(3)21-22(5)14(17)4/h6-9,11-12H,10H2,1-5H3,(H,20,23). The van der Waals surface area contributed by atoms with E-state index in [1.807, 2.05) is 46.9 Å². The Morgan fingerprint density at radius 1 is 1.29 bits per heavy atom. The second-order valence-electron chi connectivity index (χ2n) is 6.06. The van der Waals surface area contributed by atoms with Gasteiger partial charge in [0.25, 0.3) is 0 Å². The zero-order valence-electron chi connectivity index (χ0n) is 14.8. The van der Waals surface area contributed by atoms with Gasteiger partial charge in [-0.1, -0.05) is 11.6 Å².